The zero-order chi connectivity index (χ0) is 13.0. The first-order valence-electron chi connectivity index (χ1n) is 6.20. The van der Waals surface area contributed by atoms with Crippen LogP contribution in [0, 0.1) is 6.92 Å². The number of aromatic nitrogens is 2. The molecule has 1 aromatic carbocycles. The number of hydrogen-bond donors (Lipinski definition) is 1. The van der Waals surface area contributed by atoms with Crippen LogP contribution in [-0.2, 0) is 13.1 Å². The molecule has 1 heterocycles. The van der Waals surface area contributed by atoms with Gasteiger partial charge in [0.05, 0.1) is 6.20 Å². The van der Waals surface area contributed by atoms with Crippen LogP contribution >= 0.6 is 15.9 Å². The molecule has 0 amide bonds. The molecule has 3 nitrogen and oxygen atoms in total. The molecular formula is C14H18BrN3. The van der Waals surface area contributed by atoms with E-state index in [2.05, 4.69) is 64.6 Å². The van der Waals surface area contributed by atoms with Crippen LogP contribution in [-0.4, -0.2) is 9.78 Å². The van der Waals surface area contributed by atoms with Gasteiger partial charge in [0.25, 0.3) is 0 Å². The Balaban J connectivity index is 1.99. The predicted molar refractivity (Wildman–Crippen MR) is 78.7 cm³/mol. The van der Waals surface area contributed by atoms with Crippen LogP contribution in [0.3, 0.4) is 0 Å². The Morgan fingerprint density at radius 2 is 2.22 bits per heavy atom. The van der Waals surface area contributed by atoms with E-state index in [9.17, 15) is 0 Å². The van der Waals surface area contributed by atoms with Gasteiger partial charge in [-0.25, -0.2) is 0 Å². The van der Waals surface area contributed by atoms with E-state index >= 15 is 0 Å². The van der Waals surface area contributed by atoms with Crippen LogP contribution in [0.5, 0.6) is 0 Å². The molecule has 0 saturated carbocycles. The first kappa shape index (κ1) is 13.1. The summed E-state index contributed by atoms with van der Waals surface area (Å²) in [4.78, 5) is 0. The lowest BCUT2D eigenvalue weighted by Gasteiger charge is -2.08. The highest BCUT2D eigenvalue weighted by Crippen LogP contribution is 2.23. The van der Waals surface area contributed by atoms with Crippen molar-refractivity contribution in [1.82, 2.24) is 9.78 Å². The van der Waals surface area contributed by atoms with Gasteiger partial charge >= 0.3 is 0 Å². The van der Waals surface area contributed by atoms with Gasteiger partial charge in [0.2, 0.25) is 0 Å². The molecule has 4 heteroatoms. The highest BCUT2D eigenvalue weighted by molar-refractivity contribution is 9.10. The second kappa shape index (κ2) is 6.05. The van der Waals surface area contributed by atoms with Crippen molar-refractivity contribution in [3.05, 3.63) is 46.2 Å². The summed E-state index contributed by atoms with van der Waals surface area (Å²) in [5.74, 6) is 0. The van der Waals surface area contributed by atoms with Gasteiger partial charge in [0, 0.05) is 35.0 Å². The van der Waals surface area contributed by atoms with Crippen LogP contribution in [0.2, 0.25) is 0 Å². The quantitative estimate of drug-likeness (QED) is 0.905. The number of halogens is 1. The monoisotopic (exact) mass is 307 g/mol. The molecule has 0 bridgehead atoms. The Morgan fingerprint density at radius 1 is 1.39 bits per heavy atom. The van der Waals surface area contributed by atoms with Crippen molar-refractivity contribution < 1.29 is 0 Å². The summed E-state index contributed by atoms with van der Waals surface area (Å²) in [6.45, 7) is 6.03. The van der Waals surface area contributed by atoms with Gasteiger partial charge in [-0.2, -0.15) is 5.10 Å². The maximum Gasteiger partial charge on any atom is 0.0539 e. The van der Waals surface area contributed by atoms with Crippen molar-refractivity contribution in [2.45, 2.75) is 33.4 Å². The van der Waals surface area contributed by atoms with Gasteiger partial charge in [-0.1, -0.05) is 13.0 Å². The number of nitrogens with zero attached hydrogens (tertiary/aromatic N) is 2. The van der Waals surface area contributed by atoms with Crippen LogP contribution in [0.1, 0.15) is 24.5 Å². The Kier molecular flexibility index (Phi) is 4.42. The largest absolute Gasteiger partial charge is 0.380 e. The van der Waals surface area contributed by atoms with Crippen LogP contribution in [0.4, 0.5) is 5.69 Å². The van der Waals surface area contributed by atoms with Crippen molar-refractivity contribution in [3.63, 3.8) is 0 Å². The molecule has 1 aromatic heterocycles. The molecule has 0 radical (unpaired) electrons. The van der Waals surface area contributed by atoms with E-state index < -0.39 is 0 Å². The van der Waals surface area contributed by atoms with Crippen molar-refractivity contribution >= 4 is 21.6 Å². The lowest BCUT2D eigenvalue weighted by atomic mass is 10.2. The summed E-state index contributed by atoms with van der Waals surface area (Å²) >= 11 is 3.55. The average Bonchev–Trinajstić information content (AvgIpc) is 2.79. The Morgan fingerprint density at radius 3 is 3.00 bits per heavy atom. The molecule has 0 unspecified atom stereocenters. The summed E-state index contributed by atoms with van der Waals surface area (Å²) in [5.41, 5.74) is 3.58. The lowest BCUT2D eigenvalue weighted by Crippen LogP contribution is -2.00. The third-order valence-corrected chi connectivity index (χ3v) is 3.44. The zero-order valence-corrected chi connectivity index (χ0v) is 12.4. The highest BCUT2D eigenvalue weighted by atomic mass is 79.9. The number of anilines is 1. The molecule has 0 saturated heterocycles. The Hall–Kier alpha value is -1.29. The second-order valence-electron chi connectivity index (χ2n) is 4.45. The summed E-state index contributed by atoms with van der Waals surface area (Å²) in [7, 11) is 0. The Bertz CT molecular complexity index is 520. The molecule has 0 aliphatic carbocycles. The number of hydrogen-bond acceptors (Lipinski definition) is 2. The second-order valence-corrected chi connectivity index (χ2v) is 5.30. The average molecular weight is 308 g/mol. The van der Waals surface area contributed by atoms with Gasteiger partial charge in [0.15, 0.2) is 0 Å². The van der Waals surface area contributed by atoms with Crippen LogP contribution in [0.25, 0.3) is 0 Å². The number of benzene rings is 1. The van der Waals surface area contributed by atoms with Crippen LogP contribution < -0.4 is 5.32 Å². The standard InChI is InChI=1S/C14H18BrN3/c1-3-6-18-10-12(9-17-18)8-16-14-7-11(2)4-5-13(14)15/h4-5,7,9-10,16H,3,6,8H2,1-2H3. The normalized spacial score (nSPS) is 10.6. The first-order chi connectivity index (χ1) is 8.69. The van der Waals surface area contributed by atoms with Crippen molar-refractivity contribution in [3.8, 4) is 0 Å². The van der Waals surface area contributed by atoms with Crippen LogP contribution in [0.15, 0.2) is 35.1 Å². The molecular weight excluding hydrogens is 290 g/mol. The maximum absolute atomic E-state index is 4.32. The molecule has 0 aliphatic rings. The topological polar surface area (TPSA) is 29.9 Å². The SMILES string of the molecule is CCCn1cc(CNc2cc(C)ccc2Br)cn1. The number of nitrogens with one attached hydrogen (secondary N) is 1. The molecule has 1 N–H and O–H groups in total. The van der Waals surface area contributed by atoms with Gasteiger partial charge in [0.1, 0.15) is 0 Å². The first-order valence-corrected chi connectivity index (χ1v) is 6.99. The fourth-order valence-electron chi connectivity index (χ4n) is 1.82. The maximum atomic E-state index is 4.32. The molecule has 0 fully saturated rings. The number of rotatable bonds is 5. The fourth-order valence-corrected chi connectivity index (χ4v) is 2.21. The minimum atomic E-state index is 0.797. The molecule has 0 spiro atoms. The molecule has 18 heavy (non-hydrogen) atoms. The third-order valence-electron chi connectivity index (χ3n) is 2.74. The van der Waals surface area contributed by atoms with E-state index in [-0.39, 0.29) is 0 Å². The van der Waals surface area contributed by atoms with Gasteiger partial charge < -0.3 is 5.32 Å². The van der Waals surface area contributed by atoms with E-state index in [1.807, 2.05) is 10.9 Å². The van der Waals surface area contributed by atoms with Gasteiger partial charge in [-0.05, 0) is 47.0 Å². The minimum absolute atomic E-state index is 0.797. The summed E-state index contributed by atoms with van der Waals surface area (Å²) in [6, 6.07) is 6.30. The van der Waals surface area contributed by atoms with E-state index in [0.717, 1.165) is 29.7 Å². The lowest BCUT2D eigenvalue weighted by molar-refractivity contribution is 0.602. The summed E-state index contributed by atoms with van der Waals surface area (Å²) < 4.78 is 3.08. The molecule has 2 aromatic rings. The molecule has 0 atom stereocenters. The van der Waals surface area contributed by atoms with Crippen molar-refractivity contribution in [2.24, 2.45) is 0 Å². The highest BCUT2D eigenvalue weighted by Gasteiger charge is 2.01. The fraction of sp³-hybridized carbons (Fsp3) is 0.357. The third kappa shape index (κ3) is 3.35. The smallest absolute Gasteiger partial charge is 0.0539 e. The molecule has 96 valence electrons. The predicted octanol–water partition coefficient (Wildman–Crippen LogP) is 3.98. The zero-order valence-electron chi connectivity index (χ0n) is 10.8. The van der Waals surface area contributed by atoms with Crippen molar-refractivity contribution in [2.75, 3.05) is 5.32 Å². The molecule has 0 aliphatic heterocycles. The Labute approximate surface area is 116 Å². The number of aryl methyl sites for hydroxylation is 2. The van der Waals surface area contributed by atoms with Gasteiger partial charge in [-0.15, -0.1) is 0 Å². The summed E-state index contributed by atoms with van der Waals surface area (Å²) in [5, 5.41) is 7.75. The van der Waals surface area contributed by atoms with E-state index in [4.69, 9.17) is 0 Å². The van der Waals surface area contributed by atoms with Gasteiger partial charge in [-0.3, -0.25) is 4.68 Å². The molecule has 2 rings (SSSR count). The van der Waals surface area contributed by atoms with E-state index in [1.54, 1.807) is 0 Å². The summed E-state index contributed by atoms with van der Waals surface area (Å²) in [6.07, 6.45) is 5.13. The van der Waals surface area contributed by atoms with Crippen molar-refractivity contribution in [1.29, 1.82) is 0 Å². The minimum Gasteiger partial charge on any atom is -0.380 e. The van der Waals surface area contributed by atoms with E-state index in [1.165, 1.54) is 11.1 Å². The van der Waals surface area contributed by atoms with E-state index in [0.29, 0.717) is 0 Å².